The van der Waals surface area contributed by atoms with Gasteiger partial charge in [-0.05, 0) is 30.9 Å². The van der Waals surface area contributed by atoms with Gasteiger partial charge in [-0.25, -0.2) is 0 Å². The van der Waals surface area contributed by atoms with Crippen LogP contribution >= 0.6 is 0 Å². The van der Waals surface area contributed by atoms with Gasteiger partial charge in [0.05, 0.1) is 24.1 Å². The van der Waals surface area contributed by atoms with Crippen LogP contribution in [0.4, 0.5) is 11.4 Å². The van der Waals surface area contributed by atoms with Crippen molar-refractivity contribution in [1.82, 2.24) is 0 Å². The fourth-order valence-corrected chi connectivity index (χ4v) is 2.88. The molecule has 2 atom stereocenters. The quantitative estimate of drug-likeness (QED) is 0.731. The second kappa shape index (κ2) is 5.70. The molecule has 19 heavy (non-hydrogen) atoms. The van der Waals surface area contributed by atoms with E-state index >= 15 is 0 Å². The van der Waals surface area contributed by atoms with Crippen LogP contribution in [0.15, 0.2) is 18.2 Å². The van der Waals surface area contributed by atoms with E-state index in [-0.39, 0.29) is 0 Å². The van der Waals surface area contributed by atoms with Crippen molar-refractivity contribution in [1.29, 1.82) is 0 Å². The van der Waals surface area contributed by atoms with Crippen LogP contribution in [0.2, 0.25) is 0 Å². The number of methoxy groups -OCH3 is 1. The van der Waals surface area contributed by atoms with Gasteiger partial charge in [-0.2, -0.15) is 0 Å². The molecule has 0 radical (unpaired) electrons. The van der Waals surface area contributed by atoms with E-state index in [1.165, 1.54) is 6.42 Å². The zero-order valence-electron chi connectivity index (χ0n) is 11.8. The summed E-state index contributed by atoms with van der Waals surface area (Å²) in [4.78, 5) is 0. The molecule has 1 aromatic rings. The van der Waals surface area contributed by atoms with E-state index in [1.54, 1.807) is 13.2 Å². The van der Waals surface area contributed by atoms with E-state index in [2.05, 4.69) is 12.2 Å². The van der Waals surface area contributed by atoms with Gasteiger partial charge in [0.1, 0.15) is 5.75 Å². The number of aliphatic hydroxyl groups is 1. The molecule has 0 heterocycles. The van der Waals surface area contributed by atoms with Gasteiger partial charge in [-0.1, -0.05) is 19.8 Å². The first kappa shape index (κ1) is 14.0. The molecular weight excluding hydrogens is 240 g/mol. The maximum absolute atomic E-state index is 10.6. The summed E-state index contributed by atoms with van der Waals surface area (Å²) in [6.45, 7) is 2.75. The molecule has 0 saturated heterocycles. The van der Waals surface area contributed by atoms with Crippen LogP contribution in [0.25, 0.3) is 0 Å². The molecular formula is C15H24N2O2. The van der Waals surface area contributed by atoms with Gasteiger partial charge in [0, 0.05) is 12.6 Å². The minimum absolute atomic E-state index is 0.549. The number of anilines is 2. The summed E-state index contributed by atoms with van der Waals surface area (Å²) in [6.07, 6.45) is 4.03. The lowest BCUT2D eigenvalue weighted by Gasteiger charge is -2.36. The average molecular weight is 264 g/mol. The summed E-state index contributed by atoms with van der Waals surface area (Å²) in [6, 6.07) is 5.55. The Morgan fingerprint density at radius 3 is 2.95 bits per heavy atom. The van der Waals surface area contributed by atoms with Crippen molar-refractivity contribution in [3.05, 3.63) is 18.2 Å². The molecule has 0 amide bonds. The molecule has 1 aliphatic carbocycles. The highest BCUT2D eigenvalue weighted by atomic mass is 16.5. The van der Waals surface area contributed by atoms with E-state index in [0.29, 0.717) is 18.2 Å². The van der Waals surface area contributed by atoms with Crippen LogP contribution in [0, 0.1) is 5.92 Å². The Hall–Kier alpha value is -1.42. The van der Waals surface area contributed by atoms with Gasteiger partial charge < -0.3 is 20.9 Å². The van der Waals surface area contributed by atoms with Crippen LogP contribution in [0.3, 0.4) is 0 Å². The number of benzene rings is 1. The SMILES string of the molecule is COc1ccc(NCC2(O)CCCC(C)C2)c(N)c1. The Morgan fingerprint density at radius 1 is 1.53 bits per heavy atom. The van der Waals surface area contributed by atoms with E-state index in [1.807, 2.05) is 12.1 Å². The number of nitrogens with two attached hydrogens (primary N) is 1. The molecule has 2 unspecified atom stereocenters. The number of rotatable bonds is 4. The van der Waals surface area contributed by atoms with Crippen molar-refractivity contribution in [3.63, 3.8) is 0 Å². The number of nitrogen functional groups attached to an aromatic ring is 1. The van der Waals surface area contributed by atoms with Crippen LogP contribution in [-0.4, -0.2) is 24.4 Å². The maximum Gasteiger partial charge on any atom is 0.121 e. The molecule has 4 N–H and O–H groups in total. The summed E-state index contributed by atoms with van der Waals surface area (Å²) >= 11 is 0. The fourth-order valence-electron chi connectivity index (χ4n) is 2.88. The van der Waals surface area contributed by atoms with Crippen molar-refractivity contribution >= 4 is 11.4 Å². The molecule has 4 heteroatoms. The Kier molecular flexibility index (Phi) is 4.20. The molecule has 0 aromatic heterocycles. The van der Waals surface area contributed by atoms with Crippen molar-refractivity contribution in [3.8, 4) is 5.75 Å². The Labute approximate surface area is 115 Å². The monoisotopic (exact) mass is 264 g/mol. The normalized spacial score (nSPS) is 27.0. The smallest absolute Gasteiger partial charge is 0.121 e. The topological polar surface area (TPSA) is 67.5 Å². The lowest BCUT2D eigenvalue weighted by Crippen LogP contribution is -2.41. The van der Waals surface area contributed by atoms with Gasteiger partial charge >= 0.3 is 0 Å². The number of nitrogens with one attached hydrogen (secondary N) is 1. The van der Waals surface area contributed by atoms with Crippen molar-refractivity contribution in [2.45, 2.75) is 38.2 Å². The van der Waals surface area contributed by atoms with Gasteiger partial charge in [0.25, 0.3) is 0 Å². The third-order valence-corrected chi connectivity index (χ3v) is 3.93. The fraction of sp³-hybridized carbons (Fsp3) is 0.600. The molecule has 4 nitrogen and oxygen atoms in total. The molecule has 1 fully saturated rings. The standard InChI is InChI=1S/C15H24N2O2/c1-11-4-3-7-15(18,9-11)10-17-14-6-5-12(19-2)8-13(14)16/h5-6,8,11,17-18H,3-4,7,9-10,16H2,1-2H3. The third-order valence-electron chi connectivity index (χ3n) is 3.93. The minimum Gasteiger partial charge on any atom is -0.497 e. The highest BCUT2D eigenvalue weighted by Gasteiger charge is 2.32. The zero-order valence-corrected chi connectivity index (χ0v) is 11.8. The molecule has 1 saturated carbocycles. The predicted octanol–water partition coefficient (Wildman–Crippen LogP) is 2.63. The Morgan fingerprint density at radius 2 is 2.32 bits per heavy atom. The van der Waals surface area contributed by atoms with Crippen LogP contribution in [0.1, 0.15) is 32.6 Å². The van der Waals surface area contributed by atoms with Crippen molar-refractivity contribution in [2.75, 3.05) is 24.7 Å². The lowest BCUT2D eigenvalue weighted by molar-refractivity contribution is -0.000747. The summed E-state index contributed by atoms with van der Waals surface area (Å²) in [5.74, 6) is 1.34. The molecule has 0 bridgehead atoms. The van der Waals surface area contributed by atoms with E-state index < -0.39 is 5.60 Å². The van der Waals surface area contributed by atoms with Crippen LogP contribution < -0.4 is 15.8 Å². The molecule has 1 aliphatic rings. The van der Waals surface area contributed by atoms with Gasteiger partial charge in [0.2, 0.25) is 0 Å². The molecule has 106 valence electrons. The van der Waals surface area contributed by atoms with Crippen molar-refractivity contribution in [2.24, 2.45) is 5.92 Å². The number of hydrogen-bond acceptors (Lipinski definition) is 4. The molecule has 0 spiro atoms. The van der Waals surface area contributed by atoms with Gasteiger partial charge in [0.15, 0.2) is 0 Å². The average Bonchev–Trinajstić information content (AvgIpc) is 2.37. The molecule has 1 aromatic carbocycles. The second-order valence-electron chi connectivity index (χ2n) is 5.73. The summed E-state index contributed by atoms with van der Waals surface area (Å²) in [5.41, 5.74) is 6.85. The maximum atomic E-state index is 10.6. The highest BCUT2D eigenvalue weighted by molar-refractivity contribution is 5.68. The lowest BCUT2D eigenvalue weighted by atomic mass is 9.79. The summed E-state index contributed by atoms with van der Waals surface area (Å²) in [5, 5.41) is 13.8. The first-order chi connectivity index (χ1) is 9.02. The molecule has 2 rings (SSSR count). The number of ether oxygens (including phenoxy) is 1. The second-order valence-corrected chi connectivity index (χ2v) is 5.73. The first-order valence-corrected chi connectivity index (χ1v) is 6.92. The summed E-state index contributed by atoms with van der Waals surface area (Å²) in [7, 11) is 1.62. The zero-order chi connectivity index (χ0) is 13.9. The predicted molar refractivity (Wildman–Crippen MR) is 78.5 cm³/mol. The number of hydrogen-bond donors (Lipinski definition) is 3. The third kappa shape index (κ3) is 3.53. The van der Waals surface area contributed by atoms with Crippen LogP contribution in [0.5, 0.6) is 5.75 Å². The van der Waals surface area contributed by atoms with Crippen molar-refractivity contribution < 1.29 is 9.84 Å². The first-order valence-electron chi connectivity index (χ1n) is 6.92. The largest absolute Gasteiger partial charge is 0.497 e. The van der Waals surface area contributed by atoms with E-state index in [0.717, 1.165) is 30.7 Å². The summed E-state index contributed by atoms with van der Waals surface area (Å²) < 4.78 is 5.12. The van der Waals surface area contributed by atoms with Crippen LogP contribution in [-0.2, 0) is 0 Å². The van der Waals surface area contributed by atoms with E-state index in [9.17, 15) is 5.11 Å². The van der Waals surface area contributed by atoms with Gasteiger partial charge in [-0.3, -0.25) is 0 Å². The highest BCUT2D eigenvalue weighted by Crippen LogP contribution is 2.33. The minimum atomic E-state index is -0.607. The van der Waals surface area contributed by atoms with E-state index in [4.69, 9.17) is 10.5 Å². The molecule has 0 aliphatic heterocycles. The Bertz CT molecular complexity index is 436. The van der Waals surface area contributed by atoms with Gasteiger partial charge in [-0.15, -0.1) is 0 Å². The Balaban J connectivity index is 1.98.